The molecule has 0 saturated heterocycles. The number of benzene rings is 3. The Kier molecular flexibility index (Phi) is 4.91. The smallest absolute Gasteiger partial charge is 0.274 e. The Morgan fingerprint density at radius 3 is 2.58 bits per heavy atom. The van der Waals surface area contributed by atoms with Crippen molar-refractivity contribution in [3.63, 3.8) is 0 Å². The van der Waals surface area contributed by atoms with Crippen LogP contribution in [0.2, 0.25) is 0 Å². The third-order valence-electron chi connectivity index (χ3n) is 6.60. The molecule has 7 rings (SSSR count). The average molecular weight is 505 g/mol. The van der Waals surface area contributed by atoms with Crippen molar-refractivity contribution < 1.29 is 4.74 Å². The third-order valence-corrected chi connectivity index (χ3v) is 8.44. The Balaban J connectivity index is 1.54. The van der Waals surface area contributed by atoms with E-state index >= 15 is 0 Å². The van der Waals surface area contributed by atoms with Crippen LogP contribution < -0.4 is 14.8 Å². The summed E-state index contributed by atoms with van der Waals surface area (Å²) < 4.78 is 8.90. The quantitative estimate of drug-likeness (QED) is 0.280. The van der Waals surface area contributed by atoms with Gasteiger partial charge in [-0.15, -0.1) is 11.3 Å². The van der Waals surface area contributed by atoms with Gasteiger partial charge in [0.1, 0.15) is 11.5 Å². The first kappa shape index (κ1) is 21.3. The van der Waals surface area contributed by atoms with Gasteiger partial charge >= 0.3 is 0 Å². The molecule has 0 spiro atoms. The number of ether oxygens (including phenoxy) is 1. The first-order valence-electron chi connectivity index (χ1n) is 11.7. The molecular formula is C30H20N2O2S2. The van der Waals surface area contributed by atoms with Crippen LogP contribution in [0.25, 0.3) is 27.8 Å². The fourth-order valence-corrected chi connectivity index (χ4v) is 6.61. The number of thiazole rings is 1. The van der Waals surface area contributed by atoms with Crippen LogP contribution in [0.15, 0.2) is 101 Å². The van der Waals surface area contributed by atoms with Gasteiger partial charge in [0.05, 0.1) is 20.4 Å². The summed E-state index contributed by atoms with van der Waals surface area (Å²) in [7, 11) is 0. The molecule has 1 aliphatic rings. The fraction of sp³-hybridized carbons (Fsp3) is 0.0667. The molecule has 0 aliphatic carbocycles. The number of hydrogen-bond acceptors (Lipinski definition) is 5. The number of para-hydroxylation sites is 3. The van der Waals surface area contributed by atoms with E-state index in [0.717, 1.165) is 44.1 Å². The molecule has 6 aromatic rings. The Hall–Kier alpha value is -4.00. The number of aromatic nitrogens is 2. The largest absolute Gasteiger partial charge is 0.455 e. The lowest BCUT2D eigenvalue weighted by Crippen LogP contribution is -2.24. The van der Waals surface area contributed by atoms with Gasteiger partial charge in [-0.05, 0) is 48.2 Å². The molecule has 0 N–H and O–H groups in total. The number of aryl methyl sites for hydroxylation is 1. The second-order valence-electron chi connectivity index (χ2n) is 8.88. The maximum absolute atomic E-state index is 13.6. The normalized spacial score (nSPS) is 16.0. The molecule has 6 heteroatoms. The van der Waals surface area contributed by atoms with Crippen molar-refractivity contribution in [3.05, 3.63) is 132 Å². The zero-order chi connectivity index (χ0) is 24.2. The van der Waals surface area contributed by atoms with Gasteiger partial charge in [0.2, 0.25) is 0 Å². The molecule has 0 bridgehead atoms. The molecular weight excluding hydrogens is 484 g/mol. The standard InChI is InChI=1S/C30H20N2O2S2/c1-18-12-14-19(15-13-18)27-20-7-2-5-10-24(20)34-28(25-11-6-16-35-25)21(27)17-26-29(33)32-23-9-4-3-8-22(23)31-30(32)36-26/h2-17,27H,1H3/t27-/m1/s1. The first-order chi connectivity index (χ1) is 17.7. The maximum Gasteiger partial charge on any atom is 0.274 e. The van der Waals surface area contributed by atoms with Gasteiger partial charge in [0.25, 0.3) is 5.56 Å². The number of allylic oxidation sites excluding steroid dienone is 1. The number of nitrogens with zero attached hydrogens (tertiary/aromatic N) is 2. The predicted molar refractivity (Wildman–Crippen MR) is 148 cm³/mol. The SMILES string of the molecule is Cc1ccc([C@H]2C(C=c3sc4nc5ccccc5n4c3=O)=C(c3cccs3)Oc3ccccc32)cc1. The Bertz CT molecular complexity index is 1890. The van der Waals surface area contributed by atoms with Crippen molar-refractivity contribution in [3.8, 4) is 5.75 Å². The molecule has 0 fully saturated rings. The summed E-state index contributed by atoms with van der Waals surface area (Å²) in [4.78, 5) is 20.1. The molecule has 1 aliphatic heterocycles. The molecule has 1 atom stereocenters. The van der Waals surface area contributed by atoms with Crippen LogP contribution >= 0.6 is 22.7 Å². The van der Waals surface area contributed by atoms with Crippen molar-refractivity contribution >= 4 is 50.5 Å². The van der Waals surface area contributed by atoms with Gasteiger partial charge < -0.3 is 4.74 Å². The minimum absolute atomic E-state index is 0.0526. The van der Waals surface area contributed by atoms with Gasteiger partial charge in [0.15, 0.2) is 4.96 Å². The highest BCUT2D eigenvalue weighted by molar-refractivity contribution is 7.15. The highest BCUT2D eigenvalue weighted by Crippen LogP contribution is 2.47. The molecule has 4 heterocycles. The number of thiophene rings is 1. The molecule has 4 nitrogen and oxygen atoms in total. The minimum Gasteiger partial charge on any atom is -0.455 e. The van der Waals surface area contributed by atoms with E-state index < -0.39 is 0 Å². The monoisotopic (exact) mass is 504 g/mol. The summed E-state index contributed by atoms with van der Waals surface area (Å²) in [5, 5.41) is 2.05. The van der Waals surface area contributed by atoms with Gasteiger partial charge in [-0.2, -0.15) is 0 Å². The highest BCUT2D eigenvalue weighted by atomic mass is 32.1. The predicted octanol–water partition coefficient (Wildman–Crippen LogP) is 6.41. The topological polar surface area (TPSA) is 43.6 Å². The van der Waals surface area contributed by atoms with Crippen molar-refractivity contribution in [1.82, 2.24) is 9.38 Å². The molecule has 3 aromatic heterocycles. The summed E-state index contributed by atoms with van der Waals surface area (Å²) >= 11 is 3.06. The van der Waals surface area contributed by atoms with E-state index in [0.29, 0.717) is 9.49 Å². The first-order valence-corrected chi connectivity index (χ1v) is 13.4. The van der Waals surface area contributed by atoms with E-state index in [1.807, 2.05) is 54.6 Å². The lowest BCUT2D eigenvalue weighted by molar-refractivity contribution is 0.490. The second kappa shape index (κ2) is 8.29. The van der Waals surface area contributed by atoms with Crippen LogP contribution in [0.3, 0.4) is 0 Å². The number of fused-ring (bicyclic) bond motifs is 4. The summed E-state index contributed by atoms with van der Waals surface area (Å²) in [6, 6.07) is 28.7. The zero-order valence-electron chi connectivity index (χ0n) is 19.3. The molecule has 0 saturated carbocycles. The van der Waals surface area contributed by atoms with Crippen LogP contribution in [0.5, 0.6) is 5.75 Å². The van der Waals surface area contributed by atoms with Crippen LogP contribution in [-0.4, -0.2) is 9.38 Å². The van der Waals surface area contributed by atoms with E-state index in [1.54, 1.807) is 15.7 Å². The number of rotatable bonds is 3. The fourth-order valence-electron chi connectivity index (χ4n) is 4.90. The van der Waals surface area contributed by atoms with Crippen LogP contribution in [0, 0.1) is 6.92 Å². The lowest BCUT2D eigenvalue weighted by Gasteiger charge is -2.29. The van der Waals surface area contributed by atoms with Crippen molar-refractivity contribution in [1.29, 1.82) is 0 Å². The maximum atomic E-state index is 13.6. The Labute approximate surface area is 215 Å². The average Bonchev–Trinajstić information content (AvgIpc) is 3.62. The van der Waals surface area contributed by atoms with Crippen molar-refractivity contribution in [2.75, 3.05) is 0 Å². The summed E-state index contributed by atoms with van der Waals surface area (Å²) in [5.74, 6) is 1.57. The molecule has 3 aromatic carbocycles. The summed E-state index contributed by atoms with van der Waals surface area (Å²) in [6.45, 7) is 2.09. The third kappa shape index (κ3) is 3.33. The lowest BCUT2D eigenvalue weighted by atomic mass is 9.81. The molecule has 36 heavy (non-hydrogen) atoms. The van der Waals surface area contributed by atoms with Gasteiger partial charge in [-0.25, -0.2) is 9.38 Å². The van der Waals surface area contributed by atoms with E-state index in [1.165, 1.54) is 16.9 Å². The Morgan fingerprint density at radius 1 is 0.944 bits per heavy atom. The minimum atomic E-state index is -0.0711. The molecule has 0 amide bonds. The van der Waals surface area contributed by atoms with E-state index in [4.69, 9.17) is 9.72 Å². The summed E-state index contributed by atoms with van der Waals surface area (Å²) in [6.07, 6.45) is 2.02. The van der Waals surface area contributed by atoms with Crippen LogP contribution in [-0.2, 0) is 0 Å². The zero-order valence-corrected chi connectivity index (χ0v) is 21.0. The number of imidazole rings is 1. The van der Waals surface area contributed by atoms with E-state index in [-0.39, 0.29) is 11.5 Å². The van der Waals surface area contributed by atoms with E-state index in [2.05, 4.69) is 48.7 Å². The Morgan fingerprint density at radius 2 is 1.75 bits per heavy atom. The molecule has 0 unspecified atom stereocenters. The second-order valence-corrected chi connectivity index (χ2v) is 10.8. The van der Waals surface area contributed by atoms with Crippen molar-refractivity contribution in [2.45, 2.75) is 12.8 Å². The van der Waals surface area contributed by atoms with Crippen LogP contribution in [0.1, 0.15) is 27.5 Å². The highest BCUT2D eigenvalue weighted by Gasteiger charge is 2.31. The molecule has 174 valence electrons. The van der Waals surface area contributed by atoms with Crippen molar-refractivity contribution in [2.24, 2.45) is 0 Å². The van der Waals surface area contributed by atoms with Crippen LogP contribution in [0.4, 0.5) is 0 Å². The van der Waals surface area contributed by atoms with Gasteiger partial charge in [0, 0.05) is 17.1 Å². The number of hydrogen-bond donors (Lipinski definition) is 0. The van der Waals surface area contributed by atoms with E-state index in [9.17, 15) is 4.79 Å². The van der Waals surface area contributed by atoms with Gasteiger partial charge in [-0.1, -0.05) is 77.6 Å². The molecule has 0 radical (unpaired) electrons. The van der Waals surface area contributed by atoms with Gasteiger partial charge in [-0.3, -0.25) is 4.79 Å². The summed E-state index contributed by atoms with van der Waals surface area (Å²) in [5.41, 5.74) is 6.05.